The summed E-state index contributed by atoms with van der Waals surface area (Å²) >= 11 is 3.14. The first-order valence-electron chi connectivity index (χ1n) is 7.31. The van der Waals surface area contributed by atoms with Gasteiger partial charge in [0.2, 0.25) is 15.9 Å². The van der Waals surface area contributed by atoms with Gasteiger partial charge in [0.25, 0.3) is 0 Å². The number of sulfonamides is 1. The maximum absolute atomic E-state index is 12.7. The number of hydrogen-bond acceptors (Lipinski definition) is 5. The van der Waals surface area contributed by atoms with Gasteiger partial charge in [0.15, 0.2) is 0 Å². The molecule has 2 N–H and O–H groups in total. The summed E-state index contributed by atoms with van der Waals surface area (Å²) in [5, 5.41) is 19.2. The SMILES string of the molecule is CC(C)(C)N(C(=O)O)[C@H]1CCN(S(=O)(=O)c2cc(Br)cnc2O)C1. The number of rotatable bonds is 3. The van der Waals surface area contributed by atoms with E-state index in [-0.39, 0.29) is 18.0 Å². The summed E-state index contributed by atoms with van der Waals surface area (Å²) in [5.41, 5.74) is -0.643. The molecule has 1 aliphatic heterocycles. The molecule has 10 heteroatoms. The van der Waals surface area contributed by atoms with Crippen LogP contribution in [0.15, 0.2) is 21.6 Å². The van der Waals surface area contributed by atoms with Crippen LogP contribution in [0.5, 0.6) is 5.88 Å². The first-order chi connectivity index (χ1) is 10.9. The van der Waals surface area contributed by atoms with Crippen molar-refractivity contribution < 1.29 is 23.4 Å². The van der Waals surface area contributed by atoms with Crippen molar-refractivity contribution in [2.75, 3.05) is 13.1 Å². The third-order valence-corrected chi connectivity index (χ3v) is 6.14. The van der Waals surface area contributed by atoms with E-state index >= 15 is 0 Å². The maximum atomic E-state index is 12.7. The smallest absolute Gasteiger partial charge is 0.408 e. The van der Waals surface area contributed by atoms with E-state index in [4.69, 9.17) is 0 Å². The number of aromatic hydroxyl groups is 1. The molecule has 0 aliphatic carbocycles. The molecule has 134 valence electrons. The molecule has 2 rings (SSSR count). The number of carboxylic acid groups (broad SMARTS) is 1. The lowest BCUT2D eigenvalue weighted by molar-refractivity contribution is 0.0742. The average Bonchev–Trinajstić information content (AvgIpc) is 2.89. The predicted molar refractivity (Wildman–Crippen MR) is 90.4 cm³/mol. The molecule has 0 unspecified atom stereocenters. The number of hydrogen-bond donors (Lipinski definition) is 2. The fourth-order valence-corrected chi connectivity index (χ4v) is 4.91. The Bertz CT molecular complexity index is 747. The van der Waals surface area contributed by atoms with Gasteiger partial charge in [-0.1, -0.05) is 0 Å². The van der Waals surface area contributed by atoms with Crippen LogP contribution in [0.1, 0.15) is 27.2 Å². The van der Waals surface area contributed by atoms with Gasteiger partial charge in [-0.3, -0.25) is 4.90 Å². The van der Waals surface area contributed by atoms with Crippen molar-refractivity contribution in [1.29, 1.82) is 0 Å². The van der Waals surface area contributed by atoms with Crippen LogP contribution in [-0.2, 0) is 10.0 Å². The molecule has 0 saturated carbocycles. The lowest BCUT2D eigenvalue weighted by atomic mass is 10.0. The van der Waals surface area contributed by atoms with Crippen molar-refractivity contribution in [2.45, 2.75) is 43.7 Å². The van der Waals surface area contributed by atoms with E-state index in [2.05, 4.69) is 20.9 Å². The van der Waals surface area contributed by atoms with E-state index in [0.717, 1.165) is 0 Å². The van der Waals surface area contributed by atoms with Gasteiger partial charge in [-0.15, -0.1) is 0 Å². The first-order valence-corrected chi connectivity index (χ1v) is 9.55. The van der Waals surface area contributed by atoms with Crippen molar-refractivity contribution in [3.05, 3.63) is 16.7 Å². The zero-order valence-corrected chi connectivity index (χ0v) is 16.0. The summed E-state index contributed by atoms with van der Waals surface area (Å²) in [7, 11) is -3.96. The minimum absolute atomic E-state index is 0.0395. The number of halogens is 1. The molecule has 0 spiro atoms. The number of nitrogens with zero attached hydrogens (tertiary/aromatic N) is 3. The highest BCUT2D eigenvalue weighted by Gasteiger charge is 2.41. The minimum atomic E-state index is -3.96. The maximum Gasteiger partial charge on any atom is 0.408 e. The van der Waals surface area contributed by atoms with Crippen molar-refractivity contribution in [1.82, 2.24) is 14.2 Å². The van der Waals surface area contributed by atoms with Gasteiger partial charge in [0.05, 0.1) is 6.04 Å². The second-order valence-electron chi connectivity index (χ2n) is 6.60. The molecule has 24 heavy (non-hydrogen) atoms. The van der Waals surface area contributed by atoms with E-state index < -0.39 is 33.6 Å². The highest BCUT2D eigenvalue weighted by atomic mass is 79.9. The van der Waals surface area contributed by atoms with E-state index in [9.17, 15) is 23.4 Å². The molecule has 1 fully saturated rings. The Balaban J connectivity index is 2.29. The van der Waals surface area contributed by atoms with Gasteiger partial charge in [-0.05, 0) is 49.2 Å². The summed E-state index contributed by atoms with van der Waals surface area (Å²) < 4.78 is 27.1. The van der Waals surface area contributed by atoms with E-state index in [1.165, 1.54) is 21.5 Å². The van der Waals surface area contributed by atoms with Crippen LogP contribution >= 0.6 is 15.9 Å². The van der Waals surface area contributed by atoms with Crippen LogP contribution < -0.4 is 0 Å². The molecule has 1 aromatic rings. The molecule has 1 aromatic heterocycles. The Morgan fingerprint density at radius 3 is 2.62 bits per heavy atom. The molecule has 1 aliphatic rings. The second kappa shape index (κ2) is 6.49. The lowest BCUT2D eigenvalue weighted by Crippen LogP contribution is -2.52. The summed E-state index contributed by atoms with van der Waals surface area (Å²) in [5.74, 6) is -0.576. The average molecular weight is 422 g/mol. The molecule has 1 saturated heterocycles. The van der Waals surface area contributed by atoms with Crippen molar-refractivity contribution in [3.8, 4) is 5.88 Å². The summed E-state index contributed by atoms with van der Waals surface area (Å²) in [6.07, 6.45) is 0.608. The quantitative estimate of drug-likeness (QED) is 0.772. The predicted octanol–water partition coefficient (Wildman–Crippen LogP) is 2.09. The molecule has 0 aromatic carbocycles. The Labute approximate surface area is 149 Å². The fourth-order valence-electron chi connectivity index (χ4n) is 2.87. The zero-order valence-electron chi connectivity index (χ0n) is 13.6. The number of amides is 1. The van der Waals surface area contributed by atoms with Crippen LogP contribution in [0.25, 0.3) is 0 Å². The van der Waals surface area contributed by atoms with Gasteiger partial charge in [-0.2, -0.15) is 4.31 Å². The number of pyridine rings is 1. The van der Waals surface area contributed by atoms with Crippen molar-refractivity contribution in [2.24, 2.45) is 0 Å². The Morgan fingerprint density at radius 1 is 1.46 bits per heavy atom. The van der Waals surface area contributed by atoms with E-state index in [1.54, 1.807) is 20.8 Å². The number of carbonyl (C=O) groups is 1. The highest BCUT2D eigenvalue weighted by Crippen LogP contribution is 2.31. The van der Waals surface area contributed by atoms with E-state index in [1.807, 2.05) is 0 Å². The van der Waals surface area contributed by atoms with Crippen LogP contribution in [0, 0.1) is 0 Å². The molecule has 1 amide bonds. The number of aromatic nitrogens is 1. The monoisotopic (exact) mass is 421 g/mol. The van der Waals surface area contributed by atoms with Crippen molar-refractivity contribution >= 4 is 32.0 Å². The minimum Gasteiger partial charge on any atom is -0.492 e. The van der Waals surface area contributed by atoms with Crippen LogP contribution in [0.4, 0.5) is 4.79 Å². The lowest BCUT2D eigenvalue weighted by Gasteiger charge is -2.37. The van der Waals surface area contributed by atoms with Crippen LogP contribution in [0.2, 0.25) is 0 Å². The Morgan fingerprint density at radius 2 is 2.08 bits per heavy atom. The molecular weight excluding hydrogens is 402 g/mol. The fraction of sp³-hybridized carbons (Fsp3) is 0.571. The summed E-state index contributed by atoms with van der Waals surface area (Å²) in [6, 6.07) is 0.837. The molecular formula is C14H20BrN3O5S. The molecule has 0 radical (unpaired) electrons. The third kappa shape index (κ3) is 3.65. The van der Waals surface area contributed by atoms with Gasteiger partial charge in [0.1, 0.15) is 4.90 Å². The molecule has 2 heterocycles. The van der Waals surface area contributed by atoms with Crippen molar-refractivity contribution in [3.63, 3.8) is 0 Å². The van der Waals surface area contributed by atoms with Crippen LogP contribution in [0.3, 0.4) is 0 Å². The highest BCUT2D eigenvalue weighted by molar-refractivity contribution is 9.10. The third-order valence-electron chi connectivity index (χ3n) is 3.84. The second-order valence-corrected chi connectivity index (χ2v) is 9.43. The molecule has 1 atom stereocenters. The molecule has 8 nitrogen and oxygen atoms in total. The standard InChI is InChI=1S/C14H20BrN3O5S/c1-14(2,3)18(13(20)21)10-4-5-17(8-10)24(22,23)11-6-9(15)7-16-12(11)19/h6-7,10H,4-5,8H2,1-3H3,(H,16,19)(H,20,21)/t10-/m0/s1. The Hall–Kier alpha value is -1.39. The summed E-state index contributed by atoms with van der Waals surface area (Å²) in [6.45, 7) is 5.52. The van der Waals surface area contributed by atoms with Gasteiger partial charge in [-0.25, -0.2) is 18.2 Å². The topological polar surface area (TPSA) is 111 Å². The van der Waals surface area contributed by atoms with Gasteiger partial charge < -0.3 is 10.2 Å². The zero-order chi connectivity index (χ0) is 18.3. The first kappa shape index (κ1) is 18.9. The van der Waals surface area contributed by atoms with Gasteiger partial charge >= 0.3 is 6.09 Å². The van der Waals surface area contributed by atoms with Crippen LogP contribution in [-0.4, -0.2) is 63.6 Å². The van der Waals surface area contributed by atoms with Gasteiger partial charge in [0, 0.05) is 29.3 Å². The summed E-state index contributed by atoms with van der Waals surface area (Å²) in [4.78, 5) is 16.2. The largest absolute Gasteiger partial charge is 0.492 e. The normalized spacial score (nSPS) is 19.4. The Kier molecular flexibility index (Phi) is 5.12. The van der Waals surface area contributed by atoms with E-state index in [0.29, 0.717) is 10.9 Å². The molecule has 0 bridgehead atoms.